The largest absolute Gasteiger partial charge is 0.449 e. The van der Waals surface area contributed by atoms with Crippen molar-refractivity contribution in [2.75, 3.05) is 31.2 Å². The van der Waals surface area contributed by atoms with Crippen LogP contribution in [0.25, 0.3) is 0 Å². The van der Waals surface area contributed by atoms with E-state index in [4.69, 9.17) is 9.47 Å². The molecular formula is C21H28N2O3. The van der Waals surface area contributed by atoms with E-state index in [1.807, 2.05) is 0 Å². The number of hydrogen-bond acceptors (Lipinski definition) is 5. The first kappa shape index (κ1) is 17.4. The van der Waals surface area contributed by atoms with Crippen LogP contribution in [0.15, 0.2) is 36.0 Å². The Balaban J connectivity index is 1.44. The van der Waals surface area contributed by atoms with Crippen molar-refractivity contribution in [2.45, 2.75) is 50.7 Å². The van der Waals surface area contributed by atoms with Gasteiger partial charge in [0.15, 0.2) is 5.60 Å². The zero-order valence-corrected chi connectivity index (χ0v) is 15.5. The summed E-state index contributed by atoms with van der Waals surface area (Å²) in [7, 11) is 0. The Morgan fingerprint density at radius 1 is 1.08 bits per heavy atom. The Hall–Kier alpha value is -2.01. The summed E-state index contributed by atoms with van der Waals surface area (Å²) in [6.45, 7) is 5.63. The van der Waals surface area contributed by atoms with E-state index in [1.54, 1.807) is 6.08 Å². The van der Waals surface area contributed by atoms with Gasteiger partial charge in [-0.2, -0.15) is 0 Å². The number of morpholine rings is 1. The number of rotatable bonds is 4. The lowest BCUT2D eigenvalue weighted by Crippen LogP contribution is -2.40. The van der Waals surface area contributed by atoms with Gasteiger partial charge >= 0.3 is 5.97 Å². The van der Waals surface area contributed by atoms with E-state index in [1.165, 1.54) is 17.7 Å². The quantitative estimate of drug-likeness (QED) is 0.839. The molecule has 140 valence electrons. The van der Waals surface area contributed by atoms with Crippen LogP contribution in [-0.4, -0.2) is 37.9 Å². The summed E-state index contributed by atoms with van der Waals surface area (Å²) < 4.78 is 11.1. The Morgan fingerprint density at radius 2 is 1.77 bits per heavy atom. The molecule has 1 saturated heterocycles. The van der Waals surface area contributed by atoms with Gasteiger partial charge in [0.2, 0.25) is 0 Å². The second kappa shape index (κ2) is 7.31. The fraction of sp³-hybridized carbons (Fsp3) is 0.571. The van der Waals surface area contributed by atoms with E-state index >= 15 is 0 Å². The van der Waals surface area contributed by atoms with E-state index in [2.05, 4.69) is 41.4 Å². The molecule has 0 aromatic heterocycles. The number of nitrogens with one attached hydrogen (secondary N) is 1. The predicted molar refractivity (Wildman–Crippen MR) is 101 cm³/mol. The molecule has 0 bridgehead atoms. The van der Waals surface area contributed by atoms with E-state index in [0.29, 0.717) is 0 Å². The highest BCUT2D eigenvalue weighted by atomic mass is 16.6. The number of anilines is 1. The third kappa shape index (κ3) is 3.45. The van der Waals surface area contributed by atoms with Crippen molar-refractivity contribution in [2.24, 2.45) is 0 Å². The van der Waals surface area contributed by atoms with Gasteiger partial charge in [0.05, 0.1) is 18.9 Å². The summed E-state index contributed by atoms with van der Waals surface area (Å²) in [6.07, 6.45) is 6.99. The number of benzene rings is 1. The molecule has 3 aliphatic rings. The van der Waals surface area contributed by atoms with Crippen LogP contribution in [0.3, 0.4) is 0 Å². The zero-order valence-electron chi connectivity index (χ0n) is 15.5. The smallest absolute Gasteiger partial charge is 0.333 e. The Kier molecular flexibility index (Phi) is 4.90. The molecule has 1 unspecified atom stereocenters. The molecule has 2 aliphatic heterocycles. The van der Waals surface area contributed by atoms with Crippen LogP contribution < -0.4 is 10.2 Å². The van der Waals surface area contributed by atoms with Crippen molar-refractivity contribution < 1.29 is 14.3 Å². The molecule has 1 saturated carbocycles. The Bertz CT molecular complexity index is 671. The summed E-state index contributed by atoms with van der Waals surface area (Å²) in [6, 6.07) is 8.84. The summed E-state index contributed by atoms with van der Waals surface area (Å²) >= 11 is 0. The second-order valence-electron chi connectivity index (χ2n) is 7.59. The summed E-state index contributed by atoms with van der Waals surface area (Å²) in [5.41, 5.74) is 3.02. The van der Waals surface area contributed by atoms with Crippen molar-refractivity contribution in [1.29, 1.82) is 0 Å². The number of carbonyl (C=O) groups excluding carboxylic acids is 1. The number of hydrogen-bond donors (Lipinski definition) is 1. The topological polar surface area (TPSA) is 50.8 Å². The first-order valence-corrected chi connectivity index (χ1v) is 9.81. The van der Waals surface area contributed by atoms with Gasteiger partial charge in [0, 0.05) is 30.9 Å². The highest BCUT2D eigenvalue weighted by Gasteiger charge is 2.44. The molecular weight excluding hydrogens is 328 g/mol. The van der Waals surface area contributed by atoms with E-state index in [0.717, 1.165) is 57.7 Å². The molecule has 5 heteroatoms. The number of nitrogens with zero attached hydrogens (tertiary/aromatic N) is 1. The molecule has 26 heavy (non-hydrogen) atoms. The molecule has 1 aromatic rings. The molecule has 1 aliphatic carbocycles. The fourth-order valence-electron chi connectivity index (χ4n) is 4.31. The minimum atomic E-state index is -0.405. The molecule has 0 radical (unpaired) electrons. The van der Waals surface area contributed by atoms with Gasteiger partial charge < -0.3 is 19.7 Å². The minimum absolute atomic E-state index is 0.133. The number of carbonyl (C=O) groups is 1. The molecule has 1 spiro atoms. The highest BCUT2D eigenvalue weighted by Crippen LogP contribution is 2.40. The molecule has 4 rings (SSSR count). The van der Waals surface area contributed by atoms with Crippen molar-refractivity contribution in [3.8, 4) is 0 Å². The van der Waals surface area contributed by atoms with Gasteiger partial charge in [-0.3, -0.25) is 0 Å². The van der Waals surface area contributed by atoms with Gasteiger partial charge in [-0.05, 0) is 50.3 Å². The minimum Gasteiger partial charge on any atom is -0.449 e. The molecule has 1 N–H and O–H groups in total. The standard InChI is InChI=1S/C21H28N2O3/c1-16(17-5-7-18(8-6-17)23-11-13-25-14-12-23)22-19-15-20(24)26-21(19)9-3-2-4-10-21/h5-8,15-16,22H,2-4,9-14H2,1H3. The second-order valence-corrected chi connectivity index (χ2v) is 7.59. The maximum atomic E-state index is 11.9. The van der Waals surface area contributed by atoms with Crippen LogP contribution in [0.2, 0.25) is 0 Å². The lowest BCUT2D eigenvalue weighted by molar-refractivity contribution is -0.148. The normalized spacial score (nSPS) is 23.5. The monoisotopic (exact) mass is 356 g/mol. The van der Waals surface area contributed by atoms with Gasteiger partial charge in [-0.1, -0.05) is 18.6 Å². The molecule has 2 heterocycles. The lowest BCUT2D eigenvalue weighted by Gasteiger charge is -2.36. The first-order chi connectivity index (χ1) is 12.7. The van der Waals surface area contributed by atoms with Gasteiger partial charge in [-0.25, -0.2) is 4.79 Å². The lowest BCUT2D eigenvalue weighted by atomic mass is 9.82. The van der Waals surface area contributed by atoms with E-state index in [-0.39, 0.29) is 12.0 Å². The van der Waals surface area contributed by atoms with Crippen molar-refractivity contribution in [3.05, 3.63) is 41.6 Å². The Morgan fingerprint density at radius 3 is 2.46 bits per heavy atom. The predicted octanol–water partition coefficient (Wildman–Crippen LogP) is 3.32. The van der Waals surface area contributed by atoms with Crippen molar-refractivity contribution in [3.63, 3.8) is 0 Å². The number of ether oxygens (including phenoxy) is 2. The van der Waals surface area contributed by atoms with Crippen LogP contribution in [0.5, 0.6) is 0 Å². The SMILES string of the molecule is CC(NC1=CC(=O)OC12CCCCC2)c1ccc(N2CCOCC2)cc1. The van der Waals surface area contributed by atoms with Crippen LogP contribution >= 0.6 is 0 Å². The maximum absolute atomic E-state index is 11.9. The first-order valence-electron chi connectivity index (χ1n) is 9.81. The van der Waals surface area contributed by atoms with Gasteiger partial charge in [-0.15, -0.1) is 0 Å². The molecule has 2 fully saturated rings. The summed E-state index contributed by atoms with van der Waals surface area (Å²) in [5.74, 6) is -0.204. The number of esters is 1. The molecule has 5 nitrogen and oxygen atoms in total. The highest BCUT2D eigenvalue weighted by molar-refractivity contribution is 5.86. The molecule has 1 atom stereocenters. The third-order valence-corrected chi connectivity index (χ3v) is 5.85. The average molecular weight is 356 g/mol. The van der Waals surface area contributed by atoms with Gasteiger partial charge in [0.1, 0.15) is 0 Å². The fourth-order valence-corrected chi connectivity index (χ4v) is 4.31. The maximum Gasteiger partial charge on any atom is 0.333 e. The summed E-state index contributed by atoms with van der Waals surface area (Å²) in [4.78, 5) is 14.3. The third-order valence-electron chi connectivity index (χ3n) is 5.85. The Labute approximate surface area is 155 Å². The van der Waals surface area contributed by atoms with Crippen LogP contribution in [0.4, 0.5) is 5.69 Å². The van der Waals surface area contributed by atoms with Gasteiger partial charge in [0.25, 0.3) is 0 Å². The van der Waals surface area contributed by atoms with Crippen LogP contribution in [0.1, 0.15) is 50.6 Å². The average Bonchev–Trinajstić information content (AvgIpc) is 2.97. The summed E-state index contributed by atoms with van der Waals surface area (Å²) in [5, 5.41) is 3.57. The van der Waals surface area contributed by atoms with Crippen LogP contribution in [0, 0.1) is 0 Å². The zero-order chi connectivity index (χ0) is 18.0. The van der Waals surface area contributed by atoms with Crippen LogP contribution in [-0.2, 0) is 14.3 Å². The van der Waals surface area contributed by atoms with E-state index in [9.17, 15) is 4.79 Å². The van der Waals surface area contributed by atoms with Crippen molar-refractivity contribution in [1.82, 2.24) is 5.32 Å². The molecule has 0 amide bonds. The van der Waals surface area contributed by atoms with Crippen molar-refractivity contribution >= 4 is 11.7 Å². The molecule has 1 aromatic carbocycles. The van der Waals surface area contributed by atoms with E-state index < -0.39 is 5.60 Å².